The van der Waals surface area contributed by atoms with E-state index >= 15 is 0 Å². The van der Waals surface area contributed by atoms with Gasteiger partial charge in [0.2, 0.25) is 4.96 Å². The number of fused-ring (bicyclic) bond motifs is 1. The maximum atomic E-state index is 12.8. The molecule has 4 rings (SSSR count). The maximum absolute atomic E-state index is 12.8. The number of aromatic nitrogens is 3. The van der Waals surface area contributed by atoms with Crippen molar-refractivity contribution >= 4 is 31.8 Å². The van der Waals surface area contributed by atoms with Crippen LogP contribution in [-0.2, 0) is 22.8 Å². The molecule has 28 heavy (non-hydrogen) atoms. The van der Waals surface area contributed by atoms with E-state index in [0.29, 0.717) is 27.8 Å². The number of rotatable bonds is 6. The Morgan fingerprint density at radius 2 is 2.04 bits per heavy atom. The fourth-order valence-electron chi connectivity index (χ4n) is 3.50. The number of sulfone groups is 1. The predicted molar refractivity (Wildman–Crippen MR) is 110 cm³/mol. The topological polar surface area (TPSA) is 93.4 Å². The van der Waals surface area contributed by atoms with Gasteiger partial charge in [-0.1, -0.05) is 37.2 Å². The third-order valence-corrected chi connectivity index (χ3v) is 8.33. The lowest BCUT2D eigenvalue weighted by Gasteiger charge is -2.13. The Balaban J connectivity index is 1.54. The second-order valence-electron chi connectivity index (χ2n) is 6.96. The van der Waals surface area contributed by atoms with E-state index in [-0.39, 0.29) is 10.8 Å². The van der Waals surface area contributed by atoms with E-state index in [1.54, 1.807) is 18.2 Å². The van der Waals surface area contributed by atoms with Gasteiger partial charge in [-0.05, 0) is 37.5 Å². The molecule has 7 nitrogen and oxygen atoms in total. The summed E-state index contributed by atoms with van der Waals surface area (Å²) in [4.78, 5) is 17.6. The van der Waals surface area contributed by atoms with E-state index in [4.69, 9.17) is 0 Å². The zero-order chi connectivity index (χ0) is 19.7. The van der Waals surface area contributed by atoms with E-state index in [1.165, 1.54) is 21.9 Å². The number of aryl methyl sites for hydroxylation is 1. The SMILES string of the molecule is CCc1nn2c(=O)cc(CNc3cccc(S(=O)(=O)C4CCCC4)c3)nc2s1. The first-order valence-corrected chi connectivity index (χ1v) is 11.8. The van der Waals surface area contributed by atoms with Gasteiger partial charge in [-0.3, -0.25) is 4.79 Å². The van der Waals surface area contributed by atoms with Crippen LogP contribution in [0.1, 0.15) is 43.3 Å². The molecule has 2 aromatic heterocycles. The Kier molecular flexibility index (Phi) is 5.20. The molecule has 0 saturated heterocycles. The monoisotopic (exact) mass is 418 g/mol. The van der Waals surface area contributed by atoms with Gasteiger partial charge in [-0.15, -0.1) is 0 Å². The van der Waals surface area contributed by atoms with Crippen molar-refractivity contribution in [3.05, 3.63) is 51.4 Å². The summed E-state index contributed by atoms with van der Waals surface area (Å²) in [5.41, 5.74) is 1.08. The van der Waals surface area contributed by atoms with Gasteiger partial charge in [-0.25, -0.2) is 13.4 Å². The minimum Gasteiger partial charge on any atom is -0.379 e. The molecule has 1 aliphatic rings. The molecule has 1 aliphatic carbocycles. The smallest absolute Gasteiger partial charge is 0.275 e. The zero-order valence-corrected chi connectivity index (χ0v) is 17.2. The zero-order valence-electron chi connectivity index (χ0n) is 15.6. The molecule has 1 fully saturated rings. The minimum absolute atomic E-state index is 0.213. The molecule has 0 aliphatic heterocycles. The molecule has 0 spiro atoms. The van der Waals surface area contributed by atoms with Crippen molar-refractivity contribution in [2.24, 2.45) is 0 Å². The summed E-state index contributed by atoms with van der Waals surface area (Å²) in [5.74, 6) is 0. The van der Waals surface area contributed by atoms with Crippen LogP contribution in [0.5, 0.6) is 0 Å². The lowest BCUT2D eigenvalue weighted by molar-refractivity contribution is 0.579. The maximum Gasteiger partial charge on any atom is 0.275 e. The van der Waals surface area contributed by atoms with E-state index < -0.39 is 9.84 Å². The molecule has 0 amide bonds. The fourth-order valence-corrected chi connectivity index (χ4v) is 6.25. The molecule has 0 bridgehead atoms. The van der Waals surface area contributed by atoms with Gasteiger partial charge in [0.1, 0.15) is 5.01 Å². The molecular formula is C19H22N4O3S2. The standard InChI is InChI=1S/C19H22N4O3S2/c1-2-17-22-23-18(24)11-14(21-19(23)27-17)12-20-13-6-5-9-16(10-13)28(25,26)15-7-3-4-8-15/h5-6,9-11,15,20H,2-4,7-8,12H2,1H3. The molecule has 0 unspecified atom stereocenters. The molecule has 1 aromatic carbocycles. The van der Waals surface area contributed by atoms with Gasteiger partial charge in [-0.2, -0.15) is 9.61 Å². The van der Waals surface area contributed by atoms with E-state index in [2.05, 4.69) is 15.4 Å². The highest BCUT2D eigenvalue weighted by atomic mass is 32.2. The van der Waals surface area contributed by atoms with Crippen LogP contribution in [-0.4, -0.2) is 28.3 Å². The third-order valence-electron chi connectivity index (χ3n) is 5.02. The Bertz CT molecular complexity index is 1160. The van der Waals surface area contributed by atoms with E-state index in [1.807, 2.05) is 13.0 Å². The molecule has 2 heterocycles. The molecule has 9 heteroatoms. The molecule has 1 N–H and O–H groups in total. The second-order valence-corrected chi connectivity index (χ2v) is 10.2. The molecule has 148 valence electrons. The average molecular weight is 419 g/mol. The highest BCUT2D eigenvalue weighted by Gasteiger charge is 2.30. The summed E-state index contributed by atoms with van der Waals surface area (Å²) >= 11 is 1.40. The highest BCUT2D eigenvalue weighted by molar-refractivity contribution is 7.92. The average Bonchev–Trinajstić information content (AvgIpc) is 3.37. The number of nitrogens with zero attached hydrogens (tertiary/aromatic N) is 3. The Morgan fingerprint density at radius 1 is 1.25 bits per heavy atom. The lowest BCUT2D eigenvalue weighted by atomic mass is 10.3. The number of anilines is 1. The summed E-state index contributed by atoms with van der Waals surface area (Å²) in [6.45, 7) is 2.32. The van der Waals surface area contributed by atoms with E-state index in [0.717, 1.165) is 37.1 Å². The first-order valence-electron chi connectivity index (χ1n) is 9.44. The van der Waals surface area contributed by atoms with Crippen molar-refractivity contribution in [2.75, 3.05) is 5.32 Å². The van der Waals surface area contributed by atoms with Crippen molar-refractivity contribution in [2.45, 2.75) is 55.7 Å². The largest absolute Gasteiger partial charge is 0.379 e. The van der Waals surface area contributed by atoms with Gasteiger partial charge >= 0.3 is 0 Å². The number of hydrogen-bond acceptors (Lipinski definition) is 7. The molecule has 0 radical (unpaired) electrons. The number of benzene rings is 1. The molecule has 0 atom stereocenters. The van der Waals surface area contributed by atoms with Crippen molar-refractivity contribution < 1.29 is 8.42 Å². The van der Waals surface area contributed by atoms with Crippen molar-refractivity contribution in [3.8, 4) is 0 Å². The number of nitrogens with one attached hydrogen (secondary N) is 1. The fraction of sp³-hybridized carbons (Fsp3) is 0.421. The Hall–Kier alpha value is -2.26. The molecule has 3 aromatic rings. The lowest BCUT2D eigenvalue weighted by Crippen LogP contribution is -2.18. The van der Waals surface area contributed by atoms with Crippen LogP contribution in [0, 0.1) is 0 Å². The normalized spacial score (nSPS) is 15.3. The van der Waals surface area contributed by atoms with Gasteiger partial charge in [0.15, 0.2) is 9.84 Å². The van der Waals surface area contributed by atoms with Crippen molar-refractivity contribution in [1.29, 1.82) is 0 Å². The summed E-state index contributed by atoms with van der Waals surface area (Å²) in [5, 5.41) is 8.01. The summed E-state index contributed by atoms with van der Waals surface area (Å²) in [6, 6.07) is 8.34. The van der Waals surface area contributed by atoms with E-state index in [9.17, 15) is 13.2 Å². The summed E-state index contributed by atoms with van der Waals surface area (Å²) in [6.07, 6.45) is 4.18. The second kappa shape index (κ2) is 7.63. The van der Waals surface area contributed by atoms with Gasteiger partial charge < -0.3 is 5.32 Å². The minimum atomic E-state index is -3.30. The van der Waals surface area contributed by atoms with Crippen LogP contribution in [0.15, 0.2) is 40.0 Å². The summed E-state index contributed by atoms with van der Waals surface area (Å²) in [7, 11) is -3.30. The van der Waals surface area contributed by atoms with Crippen LogP contribution < -0.4 is 10.9 Å². The van der Waals surface area contributed by atoms with Gasteiger partial charge in [0.05, 0.1) is 22.4 Å². The Morgan fingerprint density at radius 3 is 2.79 bits per heavy atom. The van der Waals surface area contributed by atoms with Crippen molar-refractivity contribution in [3.63, 3.8) is 0 Å². The van der Waals surface area contributed by atoms with Gasteiger partial charge in [0, 0.05) is 11.8 Å². The van der Waals surface area contributed by atoms with Crippen LogP contribution >= 0.6 is 11.3 Å². The van der Waals surface area contributed by atoms with Crippen LogP contribution in [0.4, 0.5) is 5.69 Å². The summed E-state index contributed by atoms with van der Waals surface area (Å²) < 4.78 is 26.9. The number of hydrogen-bond donors (Lipinski definition) is 1. The first-order chi connectivity index (χ1) is 13.5. The van der Waals surface area contributed by atoms with Crippen LogP contribution in [0.2, 0.25) is 0 Å². The first kappa shape index (κ1) is 19.1. The Labute approximate surface area is 167 Å². The van der Waals surface area contributed by atoms with Crippen LogP contribution in [0.25, 0.3) is 4.96 Å². The van der Waals surface area contributed by atoms with Crippen molar-refractivity contribution in [1.82, 2.24) is 14.6 Å². The predicted octanol–water partition coefficient (Wildman–Crippen LogP) is 3.04. The van der Waals surface area contributed by atoms with Crippen LogP contribution in [0.3, 0.4) is 0 Å². The quantitative estimate of drug-likeness (QED) is 0.661. The molecular weight excluding hydrogens is 396 g/mol. The highest BCUT2D eigenvalue weighted by Crippen LogP contribution is 2.30. The van der Waals surface area contributed by atoms with Gasteiger partial charge in [0.25, 0.3) is 5.56 Å². The molecule has 1 saturated carbocycles. The third kappa shape index (κ3) is 3.68.